The Morgan fingerprint density at radius 1 is 1.53 bits per heavy atom. The average Bonchev–Trinajstić information content (AvgIpc) is 2.82. The van der Waals surface area contributed by atoms with Crippen LogP contribution in [0.15, 0.2) is 21.7 Å². The highest BCUT2D eigenvalue weighted by atomic mass is 32.2. The molecule has 3 N–H and O–H groups in total. The highest BCUT2D eigenvalue weighted by Gasteiger charge is 2.17. The lowest BCUT2D eigenvalue weighted by Crippen LogP contribution is -2.32. The van der Waals surface area contributed by atoms with E-state index in [2.05, 4.69) is 9.46 Å². The lowest BCUT2D eigenvalue weighted by atomic mass is 10.4. The van der Waals surface area contributed by atoms with Crippen molar-refractivity contribution < 1.29 is 22.7 Å². The van der Waals surface area contributed by atoms with Crippen molar-refractivity contribution in [2.75, 3.05) is 6.54 Å². The Hall–Kier alpha value is -1.45. The van der Waals surface area contributed by atoms with Crippen LogP contribution < -0.4 is 10.5 Å². The molecule has 1 heterocycles. The van der Waals surface area contributed by atoms with Crippen molar-refractivity contribution in [2.24, 2.45) is 5.73 Å². The SMILES string of the molecule is CC(OC(=O)CCNS(=O)(=O)c1cccs1)C(N)=O. The van der Waals surface area contributed by atoms with Gasteiger partial charge >= 0.3 is 5.97 Å². The summed E-state index contributed by atoms with van der Waals surface area (Å²) in [5, 5.41) is 1.64. The zero-order valence-corrected chi connectivity index (χ0v) is 11.8. The van der Waals surface area contributed by atoms with E-state index in [9.17, 15) is 18.0 Å². The number of ether oxygens (including phenoxy) is 1. The van der Waals surface area contributed by atoms with Crippen LogP contribution in [0.5, 0.6) is 0 Å². The number of primary amides is 1. The van der Waals surface area contributed by atoms with E-state index in [1.54, 1.807) is 11.4 Å². The first-order valence-corrected chi connectivity index (χ1v) is 7.71. The number of rotatable bonds is 7. The van der Waals surface area contributed by atoms with Crippen molar-refractivity contribution in [1.29, 1.82) is 0 Å². The Morgan fingerprint density at radius 2 is 2.21 bits per heavy atom. The Bertz CT molecular complexity index is 538. The fourth-order valence-corrected chi connectivity index (χ4v) is 3.16. The minimum Gasteiger partial charge on any atom is -0.453 e. The summed E-state index contributed by atoms with van der Waals surface area (Å²) in [5.41, 5.74) is 4.92. The Labute approximate surface area is 114 Å². The van der Waals surface area contributed by atoms with Crippen molar-refractivity contribution in [3.05, 3.63) is 17.5 Å². The Kier molecular flexibility index (Phi) is 5.45. The smallest absolute Gasteiger partial charge is 0.307 e. The quantitative estimate of drug-likeness (QED) is 0.679. The highest BCUT2D eigenvalue weighted by Crippen LogP contribution is 2.14. The van der Waals surface area contributed by atoms with E-state index < -0.39 is 28.0 Å². The summed E-state index contributed by atoms with van der Waals surface area (Å²) in [6.45, 7) is 1.24. The molecule has 106 valence electrons. The zero-order valence-electron chi connectivity index (χ0n) is 10.2. The number of thiophene rings is 1. The van der Waals surface area contributed by atoms with Crippen LogP contribution in [-0.2, 0) is 24.3 Å². The van der Waals surface area contributed by atoms with E-state index in [4.69, 9.17) is 5.73 Å². The maximum atomic E-state index is 11.7. The molecule has 0 aliphatic carbocycles. The first-order chi connectivity index (χ1) is 8.83. The van der Waals surface area contributed by atoms with Gasteiger partial charge in [-0.25, -0.2) is 13.1 Å². The second-order valence-electron chi connectivity index (χ2n) is 3.61. The number of hydrogen-bond acceptors (Lipinski definition) is 6. The van der Waals surface area contributed by atoms with Crippen LogP contribution in [0.1, 0.15) is 13.3 Å². The number of nitrogens with two attached hydrogens (primary N) is 1. The maximum Gasteiger partial charge on any atom is 0.307 e. The lowest BCUT2D eigenvalue weighted by molar-refractivity contribution is -0.153. The third-order valence-corrected chi connectivity index (χ3v) is 4.95. The zero-order chi connectivity index (χ0) is 14.5. The average molecular weight is 306 g/mol. The molecule has 1 aromatic heterocycles. The topological polar surface area (TPSA) is 116 Å². The van der Waals surface area contributed by atoms with E-state index >= 15 is 0 Å². The third kappa shape index (κ3) is 4.97. The van der Waals surface area contributed by atoms with Gasteiger partial charge in [-0.2, -0.15) is 0 Å². The lowest BCUT2D eigenvalue weighted by Gasteiger charge is -2.09. The molecule has 0 aromatic carbocycles. The summed E-state index contributed by atoms with van der Waals surface area (Å²) in [4.78, 5) is 21.9. The number of esters is 1. The summed E-state index contributed by atoms with van der Waals surface area (Å²) >= 11 is 1.08. The van der Waals surface area contributed by atoms with Gasteiger partial charge in [-0.05, 0) is 18.4 Å². The van der Waals surface area contributed by atoms with Gasteiger partial charge in [-0.1, -0.05) is 6.07 Å². The van der Waals surface area contributed by atoms with Gasteiger partial charge in [0.1, 0.15) is 4.21 Å². The molecule has 0 bridgehead atoms. The van der Waals surface area contributed by atoms with Crippen LogP contribution in [0.3, 0.4) is 0 Å². The molecular weight excluding hydrogens is 292 g/mol. The van der Waals surface area contributed by atoms with Crippen LogP contribution >= 0.6 is 11.3 Å². The predicted molar refractivity (Wildman–Crippen MR) is 68.9 cm³/mol. The van der Waals surface area contributed by atoms with E-state index in [-0.39, 0.29) is 17.2 Å². The molecule has 0 saturated heterocycles. The molecule has 0 radical (unpaired) electrons. The minimum absolute atomic E-state index is 0.107. The molecule has 0 aliphatic heterocycles. The van der Waals surface area contributed by atoms with Gasteiger partial charge in [0, 0.05) is 6.54 Å². The van der Waals surface area contributed by atoms with Crippen molar-refractivity contribution in [3.8, 4) is 0 Å². The monoisotopic (exact) mass is 306 g/mol. The molecule has 7 nitrogen and oxygen atoms in total. The van der Waals surface area contributed by atoms with E-state index in [0.717, 1.165) is 11.3 Å². The van der Waals surface area contributed by atoms with Crippen LogP contribution in [0.25, 0.3) is 0 Å². The highest BCUT2D eigenvalue weighted by molar-refractivity contribution is 7.91. The third-order valence-electron chi connectivity index (χ3n) is 2.09. The van der Waals surface area contributed by atoms with E-state index in [1.165, 1.54) is 13.0 Å². The molecule has 19 heavy (non-hydrogen) atoms. The number of sulfonamides is 1. The molecular formula is C10H14N2O5S2. The van der Waals surface area contributed by atoms with Gasteiger partial charge in [0.15, 0.2) is 6.10 Å². The number of hydrogen-bond donors (Lipinski definition) is 2. The van der Waals surface area contributed by atoms with Gasteiger partial charge in [0.2, 0.25) is 10.0 Å². The van der Waals surface area contributed by atoms with Gasteiger partial charge in [0.05, 0.1) is 6.42 Å². The summed E-state index contributed by atoms with van der Waals surface area (Å²) in [6.07, 6.45) is -1.20. The predicted octanol–water partition coefficient (Wildman–Crippen LogP) is -0.167. The summed E-state index contributed by atoms with van der Waals surface area (Å²) < 4.78 is 30.5. The molecule has 0 fully saturated rings. The Balaban J connectivity index is 2.39. The second-order valence-corrected chi connectivity index (χ2v) is 6.56. The Morgan fingerprint density at radius 3 is 2.74 bits per heavy atom. The summed E-state index contributed by atoms with van der Waals surface area (Å²) in [7, 11) is -3.59. The normalized spacial score (nSPS) is 12.9. The van der Waals surface area contributed by atoms with Gasteiger partial charge in [-0.3, -0.25) is 9.59 Å². The second kappa shape index (κ2) is 6.64. The van der Waals surface area contributed by atoms with Crippen LogP contribution in [0.2, 0.25) is 0 Å². The molecule has 1 rings (SSSR count). The molecule has 1 amide bonds. The first kappa shape index (κ1) is 15.6. The molecule has 9 heteroatoms. The van der Waals surface area contributed by atoms with Gasteiger partial charge in [0.25, 0.3) is 5.91 Å². The number of nitrogens with one attached hydrogen (secondary N) is 1. The fourth-order valence-electron chi connectivity index (χ4n) is 1.09. The summed E-state index contributed by atoms with van der Waals surface area (Å²) in [5.74, 6) is -1.45. The van der Waals surface area contributed by atoms with Crippen molar-refractivity contribution in [3.63, 3.8) is 0 Å². The molecule has 1 atom stereocenters. The van der Waals surface area contributed by atoms with Crippen LogP contribution in [-0.4, -0.2) is 32.9 Å². The first-order valence-electron chi connectivity index (χ1n) is 5.35. The maximum absolute atomic E-state index is 11.7. The molecule has 1 aromatic rings. The molecule has 0 spiro atoms. The number of carbonyl (C=O) groups is 2. The van der Waals surface area contributed by atoms with Crippen LogP contribution in [0.4, 0.5) is 0 Å². The number of carbonyl (C=O) groups excluding carboxylic acids is 2. The van der Waals surface area contributed by atoms with E-state index in [1.807, 2.05) is 0 Å². The molecule has 0 aliphatic rings. The van der Waals surface area contributed by atoms with Gasteiger partial charge < -0.3 is 10.5 Å². The van der Waals surface area contributed by atoms with Crippen LogP contribution in [0, 0.1) is 0 Å². The van der Waals surface area contributed by atoms with E-state index in [0.29, 0.717) is 0 Å². The number of amides is 1. The van der Waals surface area contributed by atoms with Gasteiger partial charge in [-0.15, -0.1) is 11.3 Å². The van der Waals surface area contributed by atoms with Crippen molar-refractivity contribution >= 4 is 33.2 Å². The fraction of sp³-hybridized carbons (Fsp3) is 0.400. The molecule has 0 saturated carbocycles. The molecule has 1 unspecified atom stereocenters. The summed E-state index contributed by atoms with van der Waals surface area (Å²) in [6, 6.07) is 3.07. The van der Waals surface area contributed by atoms with Crippen molar-refractivity contribution in [2.45, 2.75) is 23.7 Å². The minimum atomic E-state index is -3.59. The largest absolute Gasteiger partial charge is 0.453 e. The standard InChI is InChI=1S/C10H14N2O5S2/c1-7(10(11)14)17-8(13)4-5-12-19(15,16)9-3-2-6-18-9/h2-3,6-7,12H,4-5H2,1H3,(H2,11,14). The van der Waals surface area contributed by atoms with Crippen molar-refractivity contribution in [1.82, 2.24) is 4.72 Å².